The molecule has 1 aliphatic carbocycles. The van der Waals surface area contributed by atoms with Crippen LogP contribution in [-0.2, 0) is 4.74 Å². The molecule has 1 nitrogen and oxygen atoms in total. The van der Waals surface area contributed by atoms with Crippen LogP contribution in [0.4, 0.5) is 0 Å². The third-order valence-corrected chi connectivity index (χ3v) is 13.8. The van der Waals surface area contributed by atoms with E-state index in [0.29, 0.717) is 12.2 Å². The summed E-state index contributed by atoms with van der Waals surface area (Å²) in [7, 11) is -2.53. The summed E-state index contributed by atoms with van der Waals surface area (Å²) in [5.74, 6) is 0.926. The minimum Gasteiger partial charge on any atom is -0.370 e. The molecule has 1 aliphatic heterocycles. The van der Waals surface area contributed by atoms with E-state index < -0.39 is 16.1 Å². The molecule has 25 heavy (non-hydrogen) atoms. The Balaban J connectivity index is 1.57. The van der Waals surface area contributed by atoms with Gasteiger partial charge in [-0.2, -0.15) is 0 Å². The second-order valence-electron chi connectivity index (χ2n) is 9.88. The van der Waals surface area contributed by atoms with E-state index in [1.165, 1.54) is 50.6 Å². The van der Waals surface area contributed by atoms with Gasteiger partial charge in [-0.05, 0) is 25.2 Å². The first-order chi connectivity index (χ1) is 11.8. The summed E-state index contributed by atoms with van der Waals surface area (Å²) in [4.78, 5) is 0. The van der Waals surface area contributed by atoms with Gasteiger partial charge in [-0.25, -0.2) is 0 Å². The molecular weight excluding hydrogens is 336 g/mol. The molecule has 1 aromatic rings. The van der Waals surface area contributed by atoms with Crippen LogP contribution in [0.5, 0.6) is 0 Å². The van der Waals surface area contributed by atoms with Gasteiger partial charge in [0.05, 0.1) is 28.4 Å². The van der Waals surface area contributed by atoms with E-state index in [2.05, 4.69) is 57.4 Å². The van der Waals surface area contributed by atoms with Gasteiger partial charge in [-0.1, -0.05) is 99.1 Å². The van der Waals surface area contributed by atoms with Gasteiger partial charge in [0.2, 0.25) is 0 Å². The van der Waals surface area contributed by atoms with Crippen molar-refractivity contribution in [2.45, 2.75) is 95.9 Å². The van der Waals surface area contributed by atoms with Gasteiger partial charge < -0.3 is 4.74 Å². The monoisotopic (exact) mass is 374 g/mol. The van der Waals surface area contributed by atoms with Crippen LogP contribution in [0.2, 0.25) is 38.3 Å². The predicted octanol–water partition coefficient (Wildman–Crippen LogP) is 5.28. The zero-order chi connectivity index (χ0) is 18.1. The summed E-state index contributed by atoms with van der Waals surface area (Å²) in [6.07, 6.45) is 9.48. The Labute approximate surface area is 157 Å². The van der Waals surface area contributed by atoms with Crippen molar-refractivity contribution in [1.29, 1.82) is 0 Å². The lowest BCUT2D eigenvalue weighted by Gasteiger charge is -2.28. The maximum Gasteiger partial charge on any atom is 0.0844 e. The average Bonchev–Trinajstić information content (AvgIpc) is 3.37. The molecular formula is C22H38OSi2. The number of rotatable bonds is 8. The Morgan fingerprint density at radius 3 is 2.04 bits per heavy atom. The topological polar surface area (TPSA) is 12.5 Å². The normalized spacial score (nSPS) is 26.4. The fourth-order valence-corrected chi connectivity index (χ4v) is 9.68. The van der Waals surface area contributed by atoms with Gasteiger partial charge in [0.1, 0.15) is 0 Å². The Morgan fingerprint density at radius 2 is 1.48 bits per heavy atom. The maximum absolute atomic E-state index is 5.71. The van der Waals surface area contributed by atoms with Crippen molar-refractivity contribution in [1.82, 2.24) is 0 Å². The standard InChI is InChI=1S/C22H38OSi2/c1-6-7-15-24(2,3)19-9-11-20(12-10-19)25(4,5)16-14-18-8-13-21-22(17-18)23-21/h9-12,18,21-22H,6-8,13-17H2,1-5H3. The highest BCUT2D eigenvalue weighted by Gasteiger charge is 2.43. The summed E-state index contributed by atoms with van der Waals surface area (Å²) in [5.41, 5.74) is 0. The Kier molecular flexibility index (Phi) is 5.96. The zero-order valence-corrected chi connectivity index (χ0v) is 19.1. The number of hydrogen-bond acceptors (Lipinski definition) is 1. The van der Waals surface area contributed by atoms with Crippen molar-refractivity contribution in [3.63, 3.8) is 0 Å². The molecule has 140 valence electrons. The lowest BCUT2D eigenvalue weighted by Crippen LogP contribution is -2.45. The van der Waals surface area contributed by atoms with E-state index >= 15 is 0 Å². The molecule has 1 heterocycles. The fraction of sp³-hybridized carbons (Fsp3) is 0.727. The number of unbranched alkanes of at least 4 members (excludes halogenated alkanes) is 1. The first-order valence-electron chi connectivity index (χ1n) is 10.6. The average molecular weight is 375 g/mol. The van der Waals surface area contributed by atoms with Crippen LogP contribution < -0.4 is 10.4 Å². The zero-order valence-electron chi connectivity index (χ0n) is 17.1. The van der Waals surface area contributed by atoms with E-state index in [4.69, 9.17) is 4.74 Å². The molecule has 3 heteroatoms. The van der Waals surface area contributed by atoms with E-state index in [0.717, 1.165) is 5.92 Å². The first kappa shape index (κ1) is 19.4. The number of fused-ring (bicyclic) bond motifs is 1. The van der Waals surface area contributed by atoms with Crippen LogP contribution in [0, 0.1) is 5.92 Å². The minimum atomic E-state index is -1.30. The van der Waals surface area contributed by atoms with Crippen LogP contribution in [-0.4, -0.2) is 28.4 Å². The third-order valence-electron chi connectivity index (χ3n) is 6.89. The molecule has 0 aromatic heterocycles. The van der Waals surface area contributed by atoms with Crippen molar-refractivity contribution in [2.24, 2.45) is 5.92 Å². The largest absolute Gasteiger partial charge is 0.370 e. The molecule has 0 bridgehead atoms. The highest BCUT2D eigenvalue weighted by Crippen LogP contribution is 2.41. The van der Waals surface area contributed by atoms with Crippen LogP contribution in [0.1, 0.15) is 45.4 Å². The van der Waals surface area contributed by atoms with Crippen molar-refractivity contribution >= 4 is 26.5 Å². The molecule has 2 fully saturated rings. The molecule has 0 amide bonds. The quantitative estimate of drug-likeness (QED) is 0.446. The lowest BCUT2D eigenvalue weighted by molar-refractivity contribution is 0.357. The van der Waals surface area contributed by atoms with Crippen molar-refractivity contribution in [3.05, 3.63) is 24.3 Å². The van der Waals surface area contributed by atoms with Crippen LogP contribution in [0.3, 0.4) is 0 Å². The smallest absolute Gasteiger partial charge is 0.0844 e. The Morgan fingerprint density at radius 1 is 0.880 bits per heavy atom. The molecule has 0 radical (unpaired) electrons. The van der Waals surface area contributed by atoms with Crippen LogP contribution in [0.15, 0.2) is 24.3 Å². The van der Waals surface area contributed by atoms with Gasteiger partial charge in [-0.15, -0.1) is 0 Å². The van der Waals surface area contributed by atoms with Crippen molar-refractivity contribution in [3.8, 4) is 0 Å². The second kappa shape index (κ2) is 7.70. The molecule has 0 spiro atoms. The van der Waals surface area contributed by atoms with Crippen LogP contribution in [0.25, 0.3) is 0 Å². The summed E-state index contributed by atoms with van der Waals surface area (Å²) >= 11 is 0. The summed E-state index contributed by atoms with van der Waals surface area (Å²) < 4.78 is 5.71. The van der Waals surface area contributed by atoms with Gasteiger partial charge >= 0.3 is 0 Å². The van der Waals surface area contributed by atoms with Crippen LogP contribution >= 0.6 is 0 Å². The molecule has 3 rings (SSSR count). The highest BCUT2D eigenvalue weighted by molar-refractivity contribution is 6.91. The number of epoxide rings is 1. The van der Waals surface area contributed by atoms with Crippen molar-refractivity contribution < 1.29 is 4.74 Å². The Bertz CT molecular complexity index is 564. The van der Waals surface area contributed by atoms with E-state index in [1.807, 2.05) is 0 Å². The summed E-state index contributed by atoms with van der Waals surface area (Å²) in [6, 6.07) is 12.8. The maximum atomic E-state index is 5.71. The summed E-state index contributed by atoms with van der Waals surface area (Å²) in [5, 5.41) is 3.31. The highest BCUT2D eigenvalue weighted by atomic mass is 28.3. The minimum absolute atomic E-state index is 0.637. The fourth-order valence-electron chi connectivity index (χ4n) is 4.59. The van der Waals surface area contributed by atoms with Gasteiger partial charge in [-0.3, -0.25) is 0 Å². The van der Waals surface area contributed by atoms with Gasteiger partial charge in [0, 0.05) is 0 Å². The Hall–Kier alpha value is -0.386. The molecule has 1 saturated heterocycles. The van der Waals surface area contributed by atoms with E-state index in [1.54, 1.807) is 10.4 Å². The van der Waals surface area contributed by atoms with Crippen molar-refractivity contribution in [2.75, 3.05) is 0 Å². The van der Waals surface area contributed by atoms with E-state index in [9.17, 15) is 0 Å². The number of ether oxygens (including phenoxy) is 1. The summed E-state index contributed by atoms with van der Waals surface area (Å²) in [6.45, 7) is 12.5. The third kappa shape index (κ3) is 4.87. The van der Waals surface area contributed by atoms with Gasteiger partial charge in [0.25, 0.3) is 0 Å². The molecule has 3 atom stereocenters. The second-order valence-corrected chi connectivity index (χ2v) is 19.6. The number of benzene rings is 1. The molecule has 1 aromatic carbocycles. The molecule has 2 aliphatic rings. The lowest BCUT2D eigenvalue weighted by atomic mass is 9.87. The van der Waals surface area contributed by atoms with Gasteiger partial charge in [0.15, 0.2) is 0 Å². The first-order valence-corrected chi connectivity index (χ1v) is 17.0. The van der Waals surface area contributed by atoms with E-state index in [-0.39, 0.29) is 0 Å². The number of hydrogen-bond donors (Lipinski definition) is 0. The predicted molar refractivity (Wildman–Crippen MR) is 116 cm³/mol. The molecule has 1 saturated carbocycles. The molecule has 0 N–H and O–H groups in total. The SMILES string of the molecule is CCCC[Si](C)(C)c1ccc([Si](C)(C)CCC2CCC3OC3C2)cc1. The molecule has 3 unspecified atom stereocenters.